The van der Waals surface area contributed by atoms with E-state index in [0.717, 1.165) is 32.1 Å². The first kappa shape index (κ1) is 26.5. The Morgan fingerprint density at radius 2 is 1.56 bits per heavy atom. The standard InChI is InChI=1S/C24H36N2O4S2/c1-14-12-31-18(5)22(14)20(24(28)25-16(3)10-29-7)9-21(27)26(17(4)11-30-8)23-15(2)13-32-19(23)6/h12-13,16-17,20H,9-11H2,1-8H3,(H,25,28). The van der Waals surface area contributed by atoms with Gasteiger partial charge in [0.05, 0.1) is 30.9 Å². The Morgan fingerprint density at radius 1 is 0.969 bits per heavy atom. The molecule has 2 heterocycles. The number of carbonyl (C=O) groups is 2. The number of hydrogen-bond acceptors (Lipinski definition) is 6. The quantitative estimate of drug-likeness (QED) is 0.505. The smallest absolute Gasteiger partial charge is 0.228 e. The number of thiophene rings is 2. The lowest BCUT2D eigenvalue weighted by Crippen LogP contribution is -2.45. The van der Waals surface area contributed by atoms with E-state index in [1.807, 2.05) is 51.8 Å². The molecule has 8 heteroatoms. The Hall–Kier alpha value is -1.74. The van der Waals surface area contributed by atoms with Crippen LogP contribution in [0.25, 0.3) is 0 Å². The molecule has 0 bridgehead atoms. The molecule has 0 fully saturated rings. The monoisotopic (exact) mass is 480 g/mol. The van der Waals surface area contributed by atoms with Gasteiger partial charge >= 0.3 is 0 Å². The van der Waals surface area contributed by atoms with Gasteiger partial charge in [0.1, 0.15) is 0 Å². The van der Waals surface area contributed by atoms with E-state index >= 15 is 0 Å². The zero-order valence-electron chi connectivity index (χ0n) is 20.4. The summed E-state index contributed by atoms with van der Waals surface area (Å²) in [6.45, 7) is 12.8. The number of aryl methyl sites for hydroxylation is 4. The molecule has 32 heavy (non-hydrogen) atoms. The third kappa shape index (κ3) is 6.19. The van der Waals surface area contributed by atoms with Gasteiger partial charge in [0.2, 0.25) is 11.8 Å². The van der Waals surface area contributed by atoms with Crippen LogP contribution in [0.1, 0.15) is 52.6 Å². The fourth-order valence-corrected chi connectivity index (χ4v) is 5.91. The first-order valence-electron chi connectivity index (χ1n) is 10.8. The first-order chi connectivity index (χ1) is 15.1. The van der Waals surface area contributed by atoms with Crippen molar-refractivity contribution >= 4 is 40.2 Å². The van der Waals surface area contributed by atoms with Crippen LogP contribution in [0.3, 0.4) is 0 Å². The van der Waals surface area contributed by atoms with E-state index in [2.05, 4.69) is 10.7 Å². The maximum absolute atomic E-state index is 13.8. The predicted octanol–water partition coefficient (Wildman–Crippen LogP) is 4.74. The number of amides is 2. The number of carbonyl (C=O) groups excluding carboxylic acids is 2. The highest BCUT2D eigenvalue weighted by molar-refractivity contribution is 7.10. The normalized spacial score (nSPS) is 14.1. The summed E-state index contributed by atoms with van der Waals surface area (Å²) in [4.78, 5) is 31.1. The van der Waals surface area contributed by atoms with Gasteiger partial charge in [0, 0.05) is 36.4 Å². The molecule has 2 aromatic rings. The summed E-state index contributed by atoms with van der Waals surface area (Å²) in [7, 11) is 3.25. The lowest BCUT2D eigenvalue weighted by atomic mass is 9.91. The summed E-state index contributed by atoms with van der Waals surface area (Å²) < 4.78 is 10.5. The van der Waals surface area contributed by atoms with Gasteiger partial charge in [-0.3, -0.25) is 9.59 Å². The number of nitrogens with zero attached hydrogens (tertiary/aromatic N) is 1. The van der Waals surface area contributed by atoms with Crippen LogP contribution in [0.2, 0.25) is 0 Å². The molecule has 0 aromatic carbocycles. The van der Waals surface area contributed by atoms with Crippen molar-refractivity contribution < 1.29 is 19.1 Å². The molecule has 0 aliphatic heterocycles. The van der Waals surface area contributed by atoms with E-state index in [0.29, 0.717) is 13.2 Å². The average Bonchev–Trinajstić information content (AvgIpc) is 3.22. The number of nitrogens with one attached hydrogen (secondary N) is 1. The minimum absolute atomic E-state index is 0.0799. The summed E-state index contributed by atoms with van der Waals surface area (Å²) in [5, 5.41) is 7.14. The summed E-state index contributed by atoms with van der Waals surface area (Å²) in [6, 6.07) is -0.297. The largest absolute Gasteiger partial charge is 0.383 e. The van der Waals surface area contributed by atoms with Crippen LogP contribution in [0.4, 0.5) is 5.69 Å². The summed E-state index contributed by atoms with van der Waals surface area (Å²) in [5.74, 6) is -0.793. The second-order valence-corrected chi connectivity index (χ2v) is 10.6. The third-order valence-corrected chi connectivity index (χ3v) is 7.61. The highest BCUT2D eigenvalue weighted by Gasteiger charge is 2.33. The van der Waals surface area contributed by atoms with E-state index in [4.69, 9.17) is 9.47 Å². The highest BCUT2D eigenvalue weighted by atomic mass is 32.1. The average molecular weight is 481 g/mol. The molecule has 3 atom stereocenters. The fourth-order valence-electron chi connectivity index (χ4n) is 4.17. The van der Waals surface area contributed by atoms with Crippen molar-refractivity contribution in [2.45, 2.75) is 66.0 Å². The lowest BCUT2D eigenvalue weighted by Gasteiger charge is -2.31. The van der Waals surface area contributed by atoms with Gasteiger partial charge in [-0.1, -0.05) is 0 Å². The minimum Gasteiger partial charge on any atom is -0.383 e. The number of anilines is 1. The van der Waals surface area contributed by atoms with Crippen LogP contribution < -0.4 is 10.2 Å². The van der Waals surface area contributed by atoms with Crippen molar-refractivity contribution in [2.75, 3.05) is 32.3 Å². The van der Waals surface area contributed by atoms with Crippen LogP contribution in [0.15, 0.2) is 10.8 Å². The molecule has 2 rings (SSSR count). The zero-order valence-corrected chi connectivity index (χ0v) is 22.0. The van der Waals surface area contributed by atoms with Crippen molar-refractivity contribution in [3.8, 4) is 0 Å². The number of ether oxygens (including phenoxy) is 2. The SMILES string of the molecule is COCC(C)NC(=O)C(CC(=O)N(c1c(C)csc1C)C(C)COC)c1c(C)csc1C. The van der Waals surface area contributed by atoms with Gasteiger partial charge in [-0.2, -0.15) is 0 Å². The van der Waals surface area contributed by atoms with Gasteiger partial charge in [0.25, 0.3) is 0 Å². The molecule has 0 radical (unpaired) electrons. The fraction of sp³-hybridized carbons (Fsp3) is 0.583. The minimum atomic E-state index is -0.565. The van der Waals surface area contributed by atoms with Crippen molar-refractivity contribution in [1.29, 1.82) is 0 Å². The maximum Gasteiger partial charge on any atom is 0.228 e. The Morgan fingerprint density at radius 3 is 2.06 bits per heavy atom. The van der Waals surface area contributed by atoms with E-state index in [-0.39, 0.29) is 30.3 Å². The Bertz CT molecular complexity index is 882. The van der Waals surface area contributed by atoms with Crippen molar-refractivity contribution in [1.82, 2.24) is 5.32 Å². The third-order valence-electron chi connectivity index (χ3n) is 5.54. The molecule has 0 aliphatic carbocycles. The number of hydrogen-bond donors (Lipinski definition) is 1. The van der Waals surface area contributed by atoms with Gasteiger partial charge in [-0.25, -0.2) is 0 Å². The van der Waals surface area contributed by atoms with E-state index < -0.39 is 5.92 Å². The Labute approximate surface area is 199 Å². The summed E-state index contributed by atoms with van der Waals surface area (Å²) in [5.41, 5.74) is 3.97. The molecule has 0 aliphatic rings. The highest BCUT2D eigenvalue weighted by Crippen LogP contribution is 2.36. The zero-order chi connectivity index (χ0) is 24.0. The van der Waals surface area contributed by atoms with Crippen LogP contribution in [0.5, 0.6) is 0 Å². The van der Waals surface area contributed by atoms with Gasteiger partial charge in [-0.15, -0.1) is 22.7 Å². The van der Waals surface area contributed by atoms with Gasteiger partial charge in [0.15, 0.2) is 0 Å². The topological polar surface area (TPSA) is 67.9 Å². The molecule has 2 aromatic heterocycles. The lowest BCUT2D eigenvalue weighted by molar-refractivity contribution is -0.127. The maximum atomic E-state index is 13.8. The van der Waals surface area contributed by atoms with Crippen LogP contribution >= 0.6 is 22.7 Å². The molecular formula is C24H36N2O4S2. The summed E-state index contributed by atoms with van der Waals surface area (Å²) in [6.07, 6.45) is 0.0900. The Balaban J connectivity index is 2.43. The second-order valence-electron chi connectivity index (χ2n) is 8.40. The molecule has 2 amide bonds. The number of rotatable bonds is 11. The second kappa shape index (κ2) is 11.9. The van der Waals surface area contributed by atoms with Gasteiger partial charge in [-0.05, 0) is 69.0 Å². The molecular weight excluding hydrogens is 444 g/mol. The van der Waals surface area contributed by atoms with Crippen LogP contribution in [0, 0.1) is 27.7 Å². The van der Waals surface area contributed by atoms with Crippen molar-refractivity contribution in [3.05, 3.63) is 37.2 Å². The van der Waals surface area contributed by atoms with Crippen molar-refractivity contribution in [3.63, 3.8) is 0 Å². The van der Waals surface area contributed by atoms with Crippen LogP contribution in [-0.2, 0) is 19.1 Å². The van der Waals surface area contributed by atoms with Gasteiger partial charge < -0.3 is 19.7 Å². The van der Waals surface area contributed by atoms with Crippen molar-refractivity contribution in [2.24, 2.45) is 0 Å². The van der Waals surface area contributed by atoms with E-state index in [1.54, 1.807) is 36.9 Å². The molecule has 0 saturated carbocycles. The predicted molar refractivity (Wildman–Crippen MR) is 133 cm³/mol. The van der Waals surface area contributed by atoms with E-state index in [1.165, 1.54) is 0 Å². The Kier molecular flexibility index (Phi) is 9.88. The molecule has 3 unspecified atom stereocenters. The molecule has 0 spiro atoms. The molecule has 6 nitrogen and oxygen atoms in total. The van der Waals surface area contributed by atoms with E-state index in [9.17, 15) is 9.59 Å². The van der Waals surface area contributed by atoms with Crippen LogP contribution in [-0.4, -0.2) is 51.3 Å². The number of methoxy groups -OCH3 is 2. The molecule has 0 saturated heterocycles. The molecule has 178 valence electrons. The summed E-state index contributed by atoms with van der Waals surface area (Å²) >= 11 is 3.24. The molecule has 1 N–H and O–H groups in total. The first-order valence-corrected chi connectivity index (χ1v) is 12.6.